The molecule has 1 aliphatic rings. The number of aromatic nitrogens is 1. The molecule has 0 aromatic carbocycles. The van der Waals surface area contributed by atoms with Gasteiger partial charge in [0.15, 0.2) is 12.4 Å². The highest BCUT2D eigenvalue weighted by molar-refractivity contribution is 9.10. The Balaban J connectivity index is 1.73. The lowest BCUT2D eigenvalue weighted by Gasteiger charge is -2.07. The third kappa shape index (κ3) is 3.48. The van der Waals surface area contributed by atoms with Crippen LogP contribution < -0.4 is 10.1 Å². The number of carbonyl (C=O) groups is 1. The van der Waals surface area contributed by atoms with Gasteiger partial charge >= 0.3 is 0 Å². The zero-order valence-corrected chi connectivity index (χ0v) is 10.4. The number of hydrogen-bond donors (Lipinski definition) is 1. The molecule has 1 aromatic heterocycles. The smallest absolute Gasteiger partial charge is 0.257 e. The van der Waals surface area contributed by atoms with E-state index in [2.05, 4.69) is 26.2 Å². The van der Waals surface area contributed by atoms with Gasteiger partial charge in [0.05, 0.1) is 0 Å². The Hall–Kier alpha value is -1.10. The lowest BCUT2D eigenvalue weighted by molar-refractivity contribution is -0.123. The molecule has 0 aliphatic heterocycles. The molecule has 1 saturated carbocycles. The van der Waals surface area contributed by atoms with Crippen LogP contribution in [0.15, 0.2) is 22.9 Å². The van der Waals surface area contributed by atoms with E-state index in [4.69, 9.17) is 4.74 Å². The van der Waals surface area contributed by atoms with E-state index in [1.807, 2.05) is 0 Å². The number of ether oxygens (including phenoxy) is 1. The van der Waals surface area contributed by atoms with Gasteiger partial charge in [0.1, 0.15) is 4.60 Å². The van der Waals surface area contributed by atoms with Crippen molar-refractivity contribution < 1.29 is 9.53 Å². The van der Waals surface area contributed by atoms with Crippen LogP contribution in [0.5, 0.6) is 5.75 Å². The van der Waals surface area contributed by atoms with Crippen LogP contribution in [-0.4, -0.2) is 24.0 Å². The van der Waals surface area contributed by atoms with Crippen molar-refractivity contribution in [2.75, 3.05) is 13.2 Å². The zero-order valence-electron chi connectivity index (χ0n) is 8.78. The molecule has 4 nitrogen and oxygen atoms in total. The molecule has 1 fully saturated rings. The number of amides is 1. The molecule has 1 aromatic rings. The number of nitrogens with zero attached hydrogens (tertiary/aromatic N) is 1. The van der Waals surface area contributed by atoms with Gasteiger partial charge < -0.3 is 10.1 Å². The number of hydrogen-bond acceptors (Lipinski definition) is 3. The molecular formula is C11H13BrN2O2. The molecule has 2 rings (SSSR count). The summed E-state index contributed by atoms with van der Waals surface area (Å²) in [5.41, 5.74) is 0. The molecule has 1 aliphatic carbocycles. The highest BCUT2D eigenvalue weighted by atomic mass is 79.9. The summed E-state index contributed by atoms with van der Waals surface area (Å²) >= 11 is 3.25. The summed E-state index contributed by atoms with van der Waals surface area (Å²) in [4.78, 5) is 15.4. The molecule has 86 valence electrons. The van der Waals surface area contributed by atoms with Gasteiger partial charge in [-0.1, -0.05) is 0 Å². The first-order valence-electron chi connectivity index (χ1n) is 5.25. The highest BCUT2D eigenvalue weighted by Crippen LogP contribution is 2.27. The van der Waals surface area contributed by atoms with Crippen molar-refractivity contribution in [3.8, 4) is 5.75 Å². The second-order valence-electron chi connectivity index (χ2n) is 3.83. The standard InChI is InChI=1S/C11H13BrN2O2/c12-11-9(2-1-5-13-11)16-7-10(15)14-6-8-3-4-8/h1-2,5,8H,3-4,6-7H2,(H,14,15). The van der Waals surface area contributed by atoms with Crippen molar-refractivity contribution in [2.24, 2.45) is 5.92 Å². The largest absolute Gasteiger partial charge is 0.481 e. The normalized spacial score (nSPS) is 14.6. The van der Waals surface area contributed by atoms with Crippen LogP contribution in [0, 0.1) is 5.92 Å². The molecule has 0 bridgehead atoms. The minimum atomic E-state index is -0.0809. The number of carbonyl (C=O) groups excluding carboxylic acids is 1. The summed E-state index contributed by atoms with van der Waals surface area (Å²) in [5.74, 6) is 1.20. The number of halogens is 1. The molecule has 0 saturated heterocycles. The van der Waals surface area contributed by atoms with Crippen LogP contribution in [0.25, 0.3) is 0 Å². The zero-order chi connectivity index (χ0) is 11.4. The second kappa shape index (κ2) is 5.30. The molecular weight excluding hydrogens is 272 g/mol. The van der Waals surface area contributed by atoms with E-state index in [1.165, 1.54) is 12.8 Å². The SMILES string of the molecule is O=C(COc1cccnc1Br)NCC1CC1. The van der Waals surface area contributed by atoms with Gasteiger partial charge in [-0.05, 0) is 46.8 Å². The van der Waals surface area contributed by atoms with Gasteiger partial charge in [0.25, 0.3) is 5.91 Å². The summed E-state index contributed by atoms with van der Waals surface area (Å²) in [6.07, 6.45) is 4.12. The predicted molar refractivity (Wildman–Crippen MR) is 63.2 cm³/mol. The lowest BCUT2D eigenvalue weighted by atomic mass is 10.4. The van der Waals surface area contributed by atoms with E-state index in [1.54, 1.807) is 18.3 Å². The van der Waals surface area contributed by atoms with Crippen molar-refractivity contribution in [3.05, 3.63) is 22.9 Å². The van der Waals surface area contributed by atoms with Crippen molar-refractivity contribution in [1.29, 1.82) is 0 Å². The van der Waals surface area contributed by atoms with Gasteiger partial charge in [-0.2, -0.15) is 0 Å². The summed E-state index contributed by atoms with van der Waals surface area (Å²) < 4.78 is 5.95. The maximum absolute atomic E-state index is 11.4. The summed E-state index contributed by atoms with van der Waals surface area (Å²) in [6.45, 7) is 0.813. The Bertz CT molecular complexity index is 380. The summed E-state index contributed by atoms with van der Waals surface area (Å²) in [5, 5.41) is 2.83. The quantitative estimate of drug-likeness (QED) is 0.838. The van der Waals surface area contributed by atoms with Crippen LogP contribution in [0.3, 0.4) is 0 Å². The van der Waals surface area contributed by atoms with Gasteiger partial charge in [0, 0.05) is 12.7 Å². The molecule has 0 atom stereocenters. The average molecular weight is 285 g/mol. The Morgan fingerprint density at radius 2 is 2.44 bits per heavy atom. The Kier molecular flexibility index (Phi) is 3.77. The number of nitrogens with one attached hydrogen (secondary N) is 1. The van der Waals surface area contributed by atoms with Crippen molar-refractivity contribution in [1.82, 2.24) is 10.3 Å². The molecule has 0 radical (unpaired) electrons. The fourth-order valence-electron chi connectivity index (χ4n) is 1.25. The molecule has 0 spiro atoms. The topological polar surface area (TPSA) is 51.2 Å². The molecule has 5 heteroatoms. The second-order valence-corrected chi connectivity index (χ2v) is 4.58. The van der Waals surface area contributed by atoms with Crippen LogP contribution >= 0.6 is 15.9 Å². The maximum Gasteiger partial charge on any atom is 0.257 e. The van der Waals surface area contributed by atoms with Gasteiger partial charge in [-0.25, -0.2) is 4.98 Å². The Morgan fingerprint density at radius 3 is 3.12 bits per heavy atom. The molecule has 1 N–H and O–H groups in total. The fourth-order valence-corrected chi connectivity index (χ4v) is 1.62. The van der Waals surface area contributed by atoms with Crippen LogP contribution in [0.2, 0.25) is 0 Å². The van der Waals surface area contributed by atoms with Crippen LogP contribution in [-0.2, 0) is 4.79 Å². The monoisotopic (exact) mass is 284 g/mol. The van der Waals surface area contributed by atoms with Crippen molar-refractivity contribution >= 4 is 21.8 Å². The fraction of sp³-hybridized carbons (Fsp3) is 0.455. The lowest BCUT2D eigenvalue weighted by Crippen LogP contribution is -2.30. The maximum atomic E-state index is 11.4. The average Bonchev–Trinajstić information content (AvgIpc) is 3.09. The third-order valence-corrected chi connectivity index (χ3v) is 2.96. The summed E-state index contributed by atoms with van der Waals surface area (Å²) in [7, 11) is 0. The first kappa shape index (κ1) is 11.4. The number of pyridine rings is 1. The first-order valence-corrected chi connectivity index (χ1v) is 6.05. The van der Waals surface area contributed by atoms with Gasteiger partial charge in [0.2, 0.25) is 0 Å². The molecule has 1 amide bonds. The first-order chi connectivity index (χ1) is 7.75. The van der Waals surface area contributed by atoms with Crippen molar-refractivity contribution in [3.63, 3.8) is 0 Å². The van der Waals surface area contributed by atoms with Gasteiger partial charge in [-0.3, -0.25) is 4.79 Å². The molecule has 16 heavy (non-hydrogen) atoms. The van der Waals surface area contributed by atoms with Crippen molar-refractivity contribution in [2.45, 2.75) is 12.8 Å². The number of rotatable bonds is 5. The summed E-state index contributed by atoms with van der Waals surface area (Å²) in [6, 6.07) is 3.54. The van der Waals surface area contributed by atoms with Crippen LogP contribution in [0.1, 0.15) is 12.8 Å². The van der Waals surface area contributed by atoms with Gasteiger partial charge in [-0.15, -0.1) is 0 Å². The third-order valence-electron chi connectivity index (χ3n) is 2.37. The minimum Gasteiger partial charge on any atom is -0.481 e. The highest BCUT2D eigenvalue weighted by Gasteiger charge is 2.21. The van der Waals surface area contributed by atoms with E-state index in [9.17, 15) is 4.79 Å². The van der Waals surface area contributed by atoms with E-state index in [0.717, 1.165) is 6.54 Å². The predicted octanol–water partition coefficient (Wildman–Crippen LogP) is 1.75. The van der Waals surface area contributed by atoms with Crippen LogP contribution in [0.4, 0.5) is 0 Å². The van der Waals surface area contributed by atoms with E-state index < -0.39 is 0 Å². The minimum absolute atomic E-state index is 0.0387. The van der Waals surface area contributed by atoms with E-state index in [-0.39, 0.29) is 12.5 Å². The molecule has 0 unspecified atom stereocenters. The van der Waals surface area contributed by atoms with E-state index >= 15 is 0 Å². The van der Waals surface area contributed by atoms with E-state index in [0.29, 0.717) is 16.3 Å². The Morgan fingerprint density at radius 1 is 1.62 bits per heavy atom. The molecule has 1 heterocycles. The Labute approximate surface area is 103 Å².